The molecular weight excluding hydrogens is 333 g/mol. The molecule has 1 N–H and O–H groups in total. The first kappa shape index (κ1) is 17.9. The van der Waals surface area contributed by atoms with E-state index in [2.05, 4.69) is 0 Å². The van der Waals surface area contributed by atoms with Crippen molar-refractivity contribution in [3.8, 4) is 0 Å². The molecule has 3 rings (SSSR count). The number of hydrogen-bond donors (Lipinski definition) is 1. The molecule has 2 aromatic carbocycles. The molecule has 0 bridgehead atoms. The molecule has 4 nitrogen and oxygen atoms in total. The zero-order valence-corrected chi connectivity index (χ0v) is 14.6. The van der Waals surface area contributed by atoms with Gasteiger partial charge in [0.15, 0.2) is 0 Å². The molecule has 0 aromatic heterocycles. The molecule has 0 unspecified atom stereocenters. The first-order chi connectivity index (χ1) is 12.4. The standard InChI is InChI=1S/C21H20FNO3/c1-13(2)12-23-18(15-9-6-10-16(22)11-15)17(20(25)21(23)26)19(24)14-7-4-3-5-8-14/h3-11,13,18,24H,12H2,1-2H3/t18-/m0/s1. The fourth-order valence-corrected chi connectivity index (χ4v) is 3.24. The van der Waals surface area contributed by atoms with Crippen LogP contribution in [0.25, 0.3) is 5.76 Å². The zero-order chi connectivity index (χ0) is 18.8. The van der Waals surface area contributed by atoms with Crippen LogP contribution in [0.1, 0.15) is 31.0 Å². The molecule has 1 aliphatic rings. The summed E-state index contributed by atoms with van der Waals surface area (Å²) >= 11 is 0. The van der Waals surface area contributed by atoms with Gasteiger partial charge in [-0.2, -0.15) is 0 Å². The average Bonchev–Trinajstić information content (AvgIpc) is 2.86. The normalized spacial score (nSPS) is 19.4. The maximum Gasteiger partial charge on any atom is 0.295 e. The van der Waals surface area contributed by atoms with Crippen molar-refractivity contribution in [3.05, 3.63) is 77.1 Å². The number of amides is 1. The van der Waals surface area contributed by atoms with Gasteiger partial charge < -0.3 is 10.0 Å². The van der Waals surface area contributed by atoms with Crippen LogP contribution in [0.2, 0.25) is 0 Å². The highest BCUT2D eigenvalue weighted by Gasteiger charge is 2.46. The molecule has 1 heterocycles. The lowest BCUT2D eigenvalue weighted by Gasteiger charge is -2.26. The van der Waals surface area contributed by atoms with E-state index in [1.54, 1.807) is 36.4 Å². The van der Waals surface area contributed by atoms with E-state index >= 15 is 0 Å². The van der Waals surface area contributed by atoms with Crippen molar-refractivity contribution in [1.82, 2.24) is 4.90 Å². The van der Waals surface area contributed by atoms with Crippen molar-refractivity contribution >= 4 is 17.4 Å². The van der Waals surface area contributed by atoms with Crippen LogP contribution in [0, 0.1) is 11.7 Å². The second-order valence-corrected chi connectivity index (χ2v) is 6.77. The lowest BCUT2D eigenvalue weighted by molar-refractivity contribution is -0.140. The van der Waals surface area contributed by atoms with Gasteiger partial charge in [0.05, 0.1) is 11.6 Å². The number of nitrogens with zero attached hydrogens (tertiary/aromatic N) is 1. The van der Waals surface area contributed by atoms with Gasteiger partial charge in [-0.05, 0) is 23.6 Å². The van der Waals surface area contributed by atoms with Crippen molar-refractivity contribution in [2.24, 2.45) is 5.92 Å². The van der Waals surface area contributed by atoms with Gasteiger partial charge in [0.2, 0.25) is 0 Å². The number of carbonyl (C=O) groups is 2. The summed E-state index contributed by atoms with van der Waals surface area (Å²) in [6.45, 7) is 4.19. The zero-order valence-electron chi connectivity index (χ0n) is 14.6. The Bertz CT molecular complexity index is 874. The number of carbonyl (C=O) groups excluding carboxylic acids is 2. The van der Waals surface area contributed by atoms with Crippen LogP contribution in [0.3, 0.4) is 0 Å². The predicted octanol–water partition coefficient (Wildman–Crippen LogP) is 3.90. The summed E-state index contributed by atoms with van der Waals surface area (Å²) in [5, 5.41) is 10.7. The summed E-state index contributed by atoms with van der Waals surface area (Å²) in [5.74, 6) is -2.02. The summed E-state index contributed by atoms with van der Waals surface area (Å²) in [4.78, 5) is 26.7. The Hall–Kier alpha value is -2.95. The van der Waals surface area contributed by atoms with Gasteiger partial charge in [-0.1, -0.05) is 56.3 Å². The third-order valence-electron chi connectivity index (χ3n) is 4.31. The molecule has 0 saturated carbocycles. The highest BCUT2D eigenvalue weighted by molar-refractivity contribution is 6.46. The summed E-state index contributed by atoms with van der Waals surface area (Å²) in [6.07, 6.45) is 0. The van der Waals surface area contributed by atoms with Crippen molar-refractivity contribution in [1.29, 1.82) is 0 Å². The second-order valence-electron chi connectivity index (χ2n) is 6.77. The quantitative estimate of drug-likeness (QED) is 0.515. The third kappa shape index (κ3) is 3.25. The third-order valence-corrected chi connectivity index (χ3v) is 4.31. The van der Waals surface area contributed by atoms with E-state index in [1.165, 1.54) is 23.1 Å². The Kier molecular flexibility index (Phi) is 4.89. The van der Waals surface area contributed by atoms with Gasteiger partial charge in [-0.3, -0.25) is 9.59 Å². The molecule has 5 heteroatoms. The molecule has 0 radical (unpaired) electrons. The smallest absolute Gasteiger partial charge is 0.295 e. The van der Waals surface area contributed by atoms with Crippen LogP contribution in [0.15, 0.2) is 60.2 Å². The number of rotatable bonds is 4. The highest BCUT2D eigenvalue weighted by Crippen LogP contribution is 2.39. The molecule has 1 saturated heterocycles. The van der Waals surface area contributed by atoms with Gasteiger partial charge in [0.25, 0.3) is 11.7 Å². The van der Waals surface area contributed by atoms with E-state index in [1.807, 2.05) is 13.8 Å². The lowest BCUT2D eigenvalue weighted by atomic mass is 9.95. The first-order valence-corrected chi connectivity index (χ1v) is 8.49. The topological polar surface area (TPSA) is 57.6 Å². The molecule has 1 atom stereocenters. The molecule has 134 valence electrons. The van der Waals surface area contributed by atoms with Crippen LogP contribution in [0.5, 0.6) is 0 Å². The lowest BCUT2D eigenvalue weighted by Crippen LogP contribution is -2.33. The summed E-state index contributed by atoms with van der Waals surface area (Å²) < 4.78 is 13.8. The molecule has 1 fully saturated rings. The van der Waals surface area contributed by atoms with Gasteiger partial charge in [-0.15, -0.1) is 0 Å². The van der Waals surface area contributed by atoms with E-state index in [-0.39, 0.29) is 17.3 Å². The number of aliphatic hydroxyl groups excluding tert-OH is 1. The van der Waals surface area contributed by atoms with Crippen molar-refractivity contribution < 1.29 is 19.1 Å². The van der Waals surface area contributed by atoms with Crippen LogP contribution in [-0.4, -0.2) is 28.2 Å². The monoisotopic (exact) mass is 353 g/mol. The average molecular weight is 353 g/mol. The maximum atomic E-state index is 13.8. The minimum Gasteiger partial charge on any atom is -0.507 e. The molecule has 1 amide bonds. The van der Waals surface area contributed by atoms with E-state index < -0.39 is 23.5 Å². The summed E-state index contributed by atoms with van der Waals surface area (Å²) in [7, 11) is 0. The van der Waals surface area contributed by atoms with Crippen molar-refractivity contribution in [3.63, 3.8) is 0 Å². The fraction of sp³-hybridized carbons (Fsp3) is 0.238. The Morgan fingerprint density at radius 2 is 1.81 bits per heavy atom. The first-order valence-electron chi connectivity index (χ1n) is 8.49. The van der Waals surface area contributed by atoms with E-state index in [0.717, 1.165) is 0 Å². The minimum atomic E-state index is -0.812. The Labute approximate surface area is 151 Å². The molecular formula is C21H20FNO3. The Morgan fingerprint density at radius 1 is 1.12 bits per heavy atom. The molecule has 0 spiro atoms. The molecule has 0 aliphatic carbocycles. The molecule has 2 aromatic rings. The van der Waals surface area contributed by atoms with Crippen molar-refractivity contribution in [2.45, 2.75) is 19.9 Å². The van der Waals surface area contributed by atoms with Gasteiger partial charge in [0.1, 0.15) is 11.6 Å². The number of likely N-dealkylation sites (tertiary alicyclic amines) is 1. The van der Waals surface area contributed by atoms with Gasteiger partial charge >= 0.3 is 0 Å². The number of ketones is 1. The summed E-state index contributed by atoms with van der Waals surface area (Å²) in [5.41, 5.74) is 0.895. The number of Topliss-reactive ketones (excluding diaryl/α,β-unsaturated/α-hetero) is 1. The predicted molar refractivity (Wildman–Crippen MR) is 96.7 cm³/mol. The fourth-order valence-electron chi connectivity index (χ4n) is 3.24. The van der Waals surface area contributed by atoms with E-state index in [4.69, 9.17) is 0 Å². The van der Waals surface area contributed by atoms with Gasteiger partial charge in [-0.25, -0.2) is 4.39 Å². The van der Waals surface area contributed by atoms with E-state index in [0.29, 0.717) is 17.7 Å². The van der Waals surface area contributed by atoms with Crippen molar-refractivity contribution in [2.75, 3.05) is 6.54 Å². The largest absolute Gasteiger partial charge is 0.507 e. The molecule has 1 aliphatic heterocycles. The highest BCUT2D eigenvalue weighted by atomic mass is 19.1. The number of hydrogen-bond acceptors (Lipinski definition) is 3. The van der Waals surface area contributed by atoms with Crippen LogP contribution >= 0.6 is 0 Å². The van der Waals surface area contributed by atoms with Crippen LogP contribution in [-0.2, 0) is 9.59 Å². The number of aliphatic hydroxyl groups is 1. The van der Waals surface area contributed by atoms with Crippen LogP contribution in [0.4, 0.5) is 4.39 Å². The maximum absolute atomic E-state index is 13.8. The second kappa shape index (κ2) is 7.12. The van der Waals surface area contributed by atoms with Gasteiger partial charge in [0, 0.05) is 12.1 Å². The SMILES string of the molecule is CC(C)CN1C(=O)C(=O)C(=C(O)c2ccccc2)[C@@H]1c1cccc(F)c1. The number of halogens is 1. The van der Waals surface area contributed by atoms with Crippen LogP contribution < -0.4 is 0 Å². The Balaban J connectivity index is 2.20. The molecule has 26 heavy (non-hydrogen) atoms. The summed E-state index contributed by atoms with van der Waals surface area (Å²) in [6, 6.07) is 13.5. The minimum absolute atomic E-state index is 0.00699. The van der Waals surface area contributed by atoms with E-state index in [9.17, 15) is 19.1 Å². The Morgan fingerprint density at radius 3 is 2.42 bits per heavy atom. The number of benzene rings is 2.